The van der Waals surface area contributed by atoms with Gasteiger partial charge in [0.2, 0.25) is 5.84 Å². The number of nitrogens with zero attached hydrogens (tertiary/aromatic N) is 5. The number of hydrogen-bond acceptors (Lipinski definition) is 7. The maximum absolute atomic E-state index is 5.45. The first kappa shape index (κ1) is 6.10. The van der Waals surface area contributed by atoms with Gasteiger partial charge in [0, 0.05) is 0 Å². The second-order valence-corrected chi connectivity index (χ2v) is 2.02. The van der Waals surface area contributed by atoms with Crippen LogP contribution in [0.15, 0.2) is 25.4 Å². The van der Waals surface area contributed by atoms with Crippen LogP contribution in [-0.4, -0.2) is 23.7 Å². The van der Waals surface area contributed by atoms with Gasteiger partial charge in [0.05, 0.1) is 0 Å². The van der Waals surface area contributed by atoms with Crippen molar-refractivity contribution in [3.05, 3.63) is 0 Å². The largest absolute Gasteiger partial charge is 0.382 e. The smallest absolute Gasteiger partial charge is 0.206 e. The molecule has 0 amide bonds. The molecule has 2 heterocycles. The molecule has 2 aliphatic heterocycles. The van der Waals surface area contributed by atoms with Crippen molar-refractivity contribution in [2.75, 3.05) is 0 Å². The summed E-state index contributed by atoms with van der Waals surface area (Å²) in [5.74, 6) is 0.609. The minimum Gasteiger partial charge on any atom is -0.382 e. The van der Waals surface area contributed by atoms with E-state index in [1.54, 1.807) is 0 Å². The maximum atomic E-state index is 5.45. The highest BCUT2D eigenvalue weighted by Gasteiger charge is 2.23. The first-order chi connectivity index (χ1) is 5.27. The second kappa shape index (κ2) is 1.92. The number of rotatable bonds is 0. The molecule has 0 fully saturated rings. The lowest BCUT2D eigenvalue weighted by Crippen LogP contribution is -2.36. The van der Waals surface area contributed by atoms with Gasteiger partial charge in [-0.1, -0.05) is 0 Å². The van der Waals surface area contributed by atoms with Crippen molar-refractivity contribution in [3.63, 3.8) is 0 Å². The minimum atomic E-state index is -0.666. The molecule has 0 aromatic rings. The summed E-state index contributed by atoms with van der Waals surface area (Å²) in [5, 5.41) is 10.6. The molecule has 1 unspecified atom stereocenters. The highest BCUT2D eigenvalue weighted by atomic mass is 15.4. The van der Waals surface area contributed by atoms with E-state index < -0.39 is 6.29 Å². The van der Waals surface area contributed by atoms with Gasteiger partial charge in [0.1, 0.15) is 0 Å². The van der Waals surface area contributed by atoms with E-state index in [9.17, 15) is 0 Å². The van der Waals surface area contributed by atoms with Crippen LogP contribution in [0.25, 0.3) is 0 Å². The van der Waals surface area contributed by atoms with Gasteiger partial charge in [0.15, 0.2) is 17.8 Å². The zero-order chi connectivity index (χ0) is 7.84. The first-order valence-corrected chi connectivity index (χ1v) is 2.93. The first-order valence-electron chi connectivity index (χ1n) is 2.93. The van der Waals surface area contributed by atoms with Crippen LogP contribution < -0.4 is 11.5 Å². The molecule has 7 nitrogen and oxygen atoms in total. The standard InChI is InChI=1S/C4H5N7/c5-2-1-3(10-11-9-1)8-4(6)7-2/h4H,6H2,(H2,5,7). The number of fused-ring (bicyclic) bond motifs is 1. The van der Waals surface area contributed by atoms with Gasteiger partial charge < -0.3 is 5.73 Å². The van der Waals surface area contributed by atoms with Crippen molar-refractivity contribution in [1.29, 1.82) is 0 Å². The Labute approximate surface area is 61.6 Å². The number of aliphatic imine (C=N–C) groups is 2. The predicted octanol–water partition coefficient (Wildman–Crippen LogP) is -1.18. The van der Waals surface area contributed by atoms with Gasteiger partial charge >= 0.3 is 0 Å². The van der Waals surface area contributed by atoms with Crippen LogP contribution in [0.5, 0.6) is 0 Å². The molecular formula is C4H5N7. The van der Waals surface area contributed by atoms with Crippen LogP contribution in [0.1, 0.15) is 0 Å². The Morgan fingerprint density at radius 1 is 1.27 bits per heavy atom. The highest BCUT2D eigenvalue weighted by Crippen LogP contribution is 2.06. The van der Waals surface area contributed by atoms with Gasteiger partial charge in [-0.05, 0) is 5.22 Å². The molecule has 0 aliphatic carbocycles. The fraction of sp³-hybridized carbons (Fsp3) is 0.250. The summed E-state index contributed by atoms with van der Waals surface area (Å²) >= 11 is 0. The Morgan fingerprint density at radius 3 is 2.91 bits per heavy atom. The molecule has 0 spiro atoms. The van der Waals surface area contributed by atoms with E-state index in [0.29, 0.717) is 11.5 Å². The second-order valence-electron chi connectivity index (χ2n) is 2.02. The minimum absolute atomic E-state index is 0.243. The average molecular weight is 151 g/mol. The summed E-state index contributed by atoms with van der Waals surface area (Å²) in [6.07, 6.45) is -0.666. The summed E-state index contributed by atoms with van der Waals surface area (Å²) in [5.41, 5.74) is 11.2. The third-order valence-corrected chi connectivity index (χ3v) is 1.26. The van der Waals surface area contributed by atoms with Crippen LogP contribution in [0, 0.1) is 0 Å². The summed E-state index contributed by atoms with van der Waals surface area (Å²) in [4.78, 5) is 7.59. The Hall–Kier alpha value is -1.63. The molecule has 2 rings (SSSR count). The van der Waals surface area contributed by atoms with Crippen molar-refractivity contribution in [1.82, 2.24) is 0 Å². The molecule has 7 heteroatoms. The lowest BCUT2D eigenvalue weighted by molar-refractivity contribution is 0.752. The highest BCUT2D eigenvalue weighted by molar-refractivity contribution is 6.68. The van der Waals surface area contributed by atoms with Crippen LogP contribution in [-0.2, 0) is 0 Å². The molecule has 0 aromatic heterocycles. The Bertz CT molecular complexity index is 308. The zero-order valence-electron chi connectivity index (χ0n) is 5.47. The van der Waals surface area contributed by atoms with Gasteiger partial charge in [-0.2, -0.15) is 0 Å². The number of hydrogen-bond donors (Lipinski definition) is 2. The van der Waals surface area contributed by atoms with Crippen LogP contribution in [0.4, 0.5) is 0 Å². The van der Waals surface area contributed by atoms with E-state index in [1.165, 1.54) is 0 Å². The predicted molar refractivity (Wildman–Crippen MR) is 39.3 cm³/mol. The summed E-state index contributed by atoms with van der Waals surface area (Å²) in [7, 11) is 0. The van der Waals surface area contributed by atoms with Crippen molar-refractivity contribution in [3.8, 4) is 0 Å². The van der Waals surface area contributed by atoms with Gasteiger partial charge in [-0.3, -0.25) is 5.73 Å². The van der Waals surface area contributed by atoms with E-state index >= 15 is 0 Å². The number of amidine groups is 2. The Morgan fingerprint density at radius 2 is 2.09 bits per heavy atom. The van der Waals surface area contributed by atoms with E-state index in [1.807, 2.05) is 0 Å². The van der Waals surface area contributed by atoms with Crippen LogP contribution >= 0.6 is 0 Å². The number of nitrogens with two attached hydrogens (primary N) is 2. The van der Waals surface area contributed by atoms with E-state index in [2.05, 4.69) is 25.4 Å². The molecule has 11 heavy (non-hydrogen) atoms. The van der Waals surface area contributed by atoms with E-state index in [0.717, 1.165) is 0 Å². The van der Waals surface area contributed by atoms with Gasteiger partial charge in [-0.15, -0.1) is 10.2 Å². The summed E-state index contributed by atoms with van der Waals surface area (Å²) in [6.45, 7) is 0. The lowest BCUT2D eigenvalue weighted by atomic mass is 10.3. The Balaban J connectivity index is 2.46. The third kappa shape index (κ3) is 0.819. The topological polar surface area (TPSA) is 114 Å². The Kier molecular flexibility index (Phi) is 1.07. The molecule has 0 saturated carbocycles. The molecule has 1 atom stereocenters. The molecule has 0 radical (unpaired) electrons. The lowest BCUT2D eigenvalue weighted by Gasteiger charge is -2.08. The van der Waals surface area contributed by atoms with E-state index in [4.69, 9.17) is 11.5 Å². The fourth-order valence-corrected chi connectivity index (χ4v) is 0.812. The SMILES string of the molecule is NC1=NC(N)N=C2N=NN=C12. The van der Waals surface area contributed by atoms with E-state index in [-0.39, 0.29) is 5.84 Å². The fourth-order valence-electron chi connectivity index (χ4n) is 0.812. The normalized spacial score (nSPS) is 27.4. The van der Waals surface area contributed by atoms with Crippen molar-refractivity contribution >= 4 is 17.4 Å². The van der Waals surface area contributed by atoms with Crippen molar-refractivity contribution in [2.45, 2.75) is 6.29 Å². The maximum Gasteiger partial charge on any atom is 0.206 e. The van der Waals surface area contributed by atoms with Crippen molar-refractivity contribution < 1.29 is 0 Å². The molecule has 56 valence electrons. The van der Waals surface area contributed by atoms with Gasteiger partial charge in [0.25, 0.3) is 0 Å². The van der Waals surface area contributed by atoms with Crippen LogP contribution in [0.2, 0.25) is 0 Å². The zero-order valence-corrected chi connectivity index (χ0v) is 5.47. The molecule has 0 aromatic carbocycles. The van der Waals surface area contributed by atoms with Crippen LogP contribution in [0.3, 0.4) is 0 Å². The average Bonchev–Trinajstić information content (AvgIpc) is 2.34. The molecule has 0 saturated heterocycles. The third-order valence-electron chi connectivity index (χ3n) is 1.26. The summed E-state index contributed by atoms with van der Waals surface area (Å²) in [6, 6.07) is 0. The summed E-state index contributed by atoms with van der Waals surface area (Å²) < 4.78 is 0. The quantitative estimate of drug-likeness (QED) is 0.453. The molecular weight excluding hydrogens is 146 g/mol. The van der Waals surface area contributed by atoms with Gasteiger partial charge in [-0.25, -0.2) is 9.98 Å². The monoisotopic (exact) mass is 151 g/mol. The molecule has 2 aliphatic rings. The molecule has 0 bridgehead atoms. The van der Waals surface area contributed by atoms with Crippen molar-refractivity contribution in [2.24, 2.45) is 36.9 Å². The molecule has 4 N–H and O–H groups in total.